The van der Waals surface area contributed by atoms with Gasteiger partial charge in [0.2, 0.25) is 11.8 Å². The van der Waals surface area contributed by atoms with Gasteiger partial charge in [-0.2, -0.15) is 0 Å². The fourth-order valence-corrected chi connectivity index (χ4v) is 4.95. The first-order valence-corrected chi connectivity index (χ1v) is 12.4. The highest BCUT2D eigenvalue weighted by Crippen LogP contribution is 2.31. The second-order valence-corrected chi connectivity index (χ2v) is 9.31. The molecule has 0 N–H and O–H groups in total. The molecule has 0 saturated carbocycles. The summed E-state index contributed by atoms with van der Waals surface area (Å²) in [5, 5.41) is 0. The lowest BCUT2D eigenvalue weighted by Crippen LogP contribution is -2.42. The standard InChI is InChI=1S/C28H33N3O3/c1-3-18-33-24-10-8-22(9-11-24)27-29-25(20(2)34-27)19-30-15-12-23(13-16-30)28(32)31-17-14-21-6-4-5-7-26(21)31/h4-11,23H,3,12-19H2,1-2H3. The van der Waals surface area contributed by atoms with Gasteiger partial charge in [0.15, 0.2) is 0 Å². The Morgan fingerprint density at radius 2 is 1.85 bits per heavy atom. The van der Waals surface area contributed by atoms with Gasteiger partial charge in [-0.1, -0.05) is 25.1 Å². The first-order chi connectivity index (χ1) is 16.6. The fraction of sp³-hybridized carbons (Fsp3) is 0.429. The number of benzene rings is 2. The van der Waals surface area contributed by atoms with Crippen molar-refractivity contribution in [2.24, 2.45) is 5.92 Å². The van der Waals surface area contributed by atoms with Crippen molar-refractivity contribution in [1.29, 1.82) is 0 Å². The van der Waals surface area contributed by atoms with Crippen LogP contribution in [0.5, 0.6) is 5.75 Å². The molecule has 0 bridgehead atoms. The van der Waals surface area contributed by atoms with E-state index in [-0.39, 0.29) is 11.8 Å². The first-order valence-electron chi connectivity index (χ1n) is 12.4. The molecule has 178 valence electrons. The van der Waals surface area contributed by atoms with E-state index in [2.05, 4.69) is 30.0 Å². The van der Waals surface area contributed by atoms with E-state index < -0.39 is 0 Å². The van der Waals surface area contributed by atoms with E-state index in [0.29, 0.717) is 5.89 Å². The molecule has 1 amide bonds. The van der Waals surface area contributed by atoms with Gasteiger partial charge in [0.25, 0.3) is 0 Å². The maximum absolute atomic E-state index is 13.2. The molecule has 0 atom stereocenters. The molecule has 2 aliphatic heterocycles. The molecule has 2 aliphatic rings. The summed E-state index contributed by atoms with van der Waals surface area (Å²) >= 11 is 0. The van der Waals surface area contributed by atoms with E-state index in [1.165, 1.54) is 5.56 Å². The molecule has 6 nitrogen and oxygen atoms in total. The van der Waals surface area contributed by atoms with Gasteiger partial charge in [-0.3, -0.25) is 9.69 Å². The number of likely N-dealkylation sites (tertiary alicyclic amines) is 1. The zero-order chi connectivity index (χ0) is 23.5. The minimum atomic E-state index is 0.102. The van der Waals surface area contributed by atoms with E-state index in [0.717, 1.165) is 86.9 Å². The lowest BCUT2D eigenvalue weighted by Gasteiger charge is -2.33. The van der Waals surface area contributed by atoms with Crippen molar-refractivity contribution in [3.63, 3.8) is 0 Å². The summed E-state index contributed by atoms with van der Waals surface area (Å²) in [5.41, 5.74) is 4.31. The van der Waals surface area contributed by atoms with Crippen molar-refractivity contribution < 1.29 is 13.9 Å². The largest absolute Gasteiger partial charge is 0.494 e. The zero-order valence-corrected chi connectivity index (χ0v) is 20.1. The van der Waals surface area contributed by atoms with Gasteiger partial charge in [0, 0.05) is 30.3 Å². The molecule has 0 aliphatic carbocycles. The van der Waals surface area contributed by atoms with Crippen LogP contribution in [0.3, 0.4) is 0 Å². The second kappa shape index (κ2) is 10.0. The number of fused-ring (bicyclic) bond motifs is 1. The third-order valence-corrected chi connectivity index (χ3v) is 6.93. The Bertz CT molecular complexity index is 1130. The fourth-order valence-electron chi connectivity index (χ4n) is 4.95. The number of aromatic nitrogens is 1. The predicted molar refractivity (Wildman–Crippen MR) is 133 cm³/mol. The minimum absolute atomic E-state index is 0.102. The maximum atomic E-state index is 13.2. The van der Waals surface area contributed by atoms with Crippen LogP contribution in [0.2, 0.25) is 0 Å². The van der Waals surface area contributed by atoms with Crippen LogP contribution in [0.4, 0.5) is 5.69 Å². The summed E-state index contributed by atoms with van der Waals surface area (Å²) in [4.78, 5) is 22.4. The third kappa shape index (κ3) is 4.73. The van der Waals surface area contributed by atoms with Gasteiger partial charge < -0.3 is 14.1 Å². The maximum Gasteiger partial charge on any atom is 0.230 e. The number of oxazole rings is 1. The van der Waals surface area contributed by atoms with Crippen molar-refractivity contribution in [2.45, 2.75) is 46.1 Å². The van der Waals surface area contributed by atoms with Gasteiger partial charge in [-0.25, -0.2) is 4.98 Å². The van der Waals surface area contributed by atoms with E-state index in [9.17, 15) is 4.79 Å². The van der Waals surface area contributed by atoms with Gasteiger partial charge in [0.1, 0.15) is 11.5 Å². The predicted octanol–water partition coefficient (Wildman–Crippen LogP) is 5.24. The summed E-state index contributed by atoms with van der Waals surface area (Å²) in [6.45, 7) is 8.15. The normalized spacial score (nSPS) is 16.6. The molecule has 3 heterocycles. The molecule has 1 aromatic heterocycles. The number of para-hydroxylation sites is 1. The van der Waals surface area contributed by atoms with Crippen LogP contribution in [0, 0.1) is 12.8 Å². The third-order valence-electron chi connectivity index (χ3n) is 6.93. The highest BCUT2D eigenvalue weighted by atomic mass is 16.5. The van der Waals surface area contributed by atoms with Crippen LogP contribution in [0.25, 0.3) is 11.5 Å². The molecule has 0 radical (unpaired) electrons. The molecule has 3 aromatic rings. The summed E-state index contributed by atoms with van der Waals surface area (Å²) in [7, 11) is 0. The molecule has 0 spiro atoms. The highest BCUT2D eigenvalue weighted by molar-refractivity contribution is 5.97. The number of rotatable bonds is 7. The van der Waals surface area contributed by atoms with E-state index >= 15 is 0 Å². The summed E-state index contributed by atoms with van der Waals surface area (Å²) in [6, 6.07) is 16.2. The van der Waals surface area contributed by atoms with E-state index in [1.54, 1.807) is 0 Å². The molecule has 1 fully saturated rings. The molecule has 34 heavy (non-hydrogen) atoms. The molecule has 1 saturated heterocycles. The summed E-state index contributed by atoms with van der Waals surface area (Å²) < 4.78 is 11.7. The van der Waals surface area contributed by atoms with Gasteiger partial charge >= 0.3 is 0 Å². The number of carbonyl (C=O) groups is 1. The SMILES string of the molecule is CCCOc1ccc(-c2nc(CN3CCC(C(=O)N4CCc5ccccc54)CC3)c(C)o2)cc1. The highest BCUT2D eigenvalue weighted by Gasteiger charge is 2.32. The Hall–Kier alpha value is -3.12. The number of aryl methyl sites for hydroxylation is 1. The first kappa shape index (κ1) is 22.7. The van der Waals surface area contributed by atoms with Crippen molar-refractivity contribution in [3.05, 3.63) is 65.5 Å². The van der Waals surface area contributed by atoms with Gasteiger partial charge in [-0.05, 0) is 81.6 Å². The number of nitrogens with zero attached hydrogens (tertiary/aromatic N) is 3. The topological polar surface area (TPSA) is 58.8 Å². The smallest absolute Gasteiger partial charge is 0.230 e. The van der Waals surface area contributed by atoms with Crippen molar-refractivity contribution >= 4 is 11.6 Å². The van der Waals surface area contributed by atoms with E-state index in [1.807, 2.05) is 42.2 Å². The van der Waals surface area contributed by atoms with Crippen LogP contribution in [0.1, 0.15) is 43.2 Å². The summed E-state index contributed by atoms with van der Waals surface area (Å²) in [5.74, 6) is 2.75. The average Bonchev–Trinajstić information content (AvgIpc) is 3.47. The lowest BCUT2D eigenvalue weighted by molar-refractivity contribution is -0.123. The number of hydrogen-bond acceptors (Lipinski definition) is 5. The number of hydrogen-bond donors (Lipinski definition) is 0. The van der Waals surface area contributed by atoms with Crippen molar-refractivity contribution in [1.82, 2.24) is 9.88 Å². The lowest BCUT2D eigenvalue weighted by atomic mass is 9.95. The molecule has 0 unspecified atom stereocenters. The second-order valence-electron chi connectivity index (χ2n) is 9.31. The molecule has 6 heteroatoms. The molecule has 2 aromatic carbocycles. The van der Waals surface area contributed by atoms with Gasteiger partial charge in [0.05, 0.1) is 12.3 Å². The van der Waals surface area contributed by atoms with Crippen molar-refractivity contribution in [2.75, 3.05) is 31.1 Å². The van der Waals surface area contributed by atoms with Crippen LogP contribution in [-0.4, -0.2) is 42.0 Å². The monoisotopic (exact) mass is 459 g/mol. The quantitative estimate of drug-likeness (QED) is 0.484. The minimum Gasteiger partial charge on any atom is -0.494 e. The number of amides is 1. The molecular weight excluding hydrogens is 426 g/mol. The molecular formula is C28H33N3O3. The van der Waals surface area contributed by atoms with Crippen LogP contribution < -0.4 is 9.64 Å². The number of anilines is 1. The average molecular weight is 460 g/mol. The van der Waals surface area contributed by atoms with Crippen LogP contribution in [0.15, 0.2) is 52.9 Å². The number of ether oxygens (including phenoxy) is 1. The van der Waals surface area contributed by atoms with Gasteiger partial charge in [-0.15, -0.1) is 0 Å². The Kier molecular flexibility index (Phi) is 6.68. The number of carbonyl (C=O) groups excluding carboxylic acids is 1. The summed E-state index contributed by atoms with van der Waals surface area (Å²) in [6.07, 6.45) is 3.73. The zero-order valence-electron chi connectivity index (χ0n) is 20.1. The Morgan fingerprint density at radius 1 is 1.09 bits per heavy atom. The van der Waals surface area contributed by atoms with E-state index in [4.69, 9.17) is 14.1 Å². The number of piperidine rings is 1. The van der Waals surface area contributed by atoms with Crippen LogP contribution in [-0.2, 0) is 17.8 Å². The Balaban J connectivity index is 1.17. The molecule has 5 rings (SSSR count). The van der Waals surface area contributed by atoms with Crippen LogP contribution >= 0.6 is 0 Å². The Labute approximate surface area is 201 Å². The van der Waals surface area contributed by atoms with Crippen molar-refractivity contribution in [3.8, 4) is 17.2 Å². The Morgan fingerprint density at radius 3 is 2.62 bits per heavy atom.